The molecule has 2 aromatic carbocycles. The third-order valence-electron chi connectivity index (χ3n) is 6.80. The van der Waals surface area contributed by atoms with Crippen molar-refractivity contribution in [2.45, 2.75) is 43.7 Å². The van der Waals surface area contributed by atoms with E-state index in [4.69, 9.17) is 5.11 Å². The van der Waals surface area contributed by atoms with Gasteiger partial charge in [0, 0.05) is 60.6 Å². The van der Waals surface area contributed by atoms with Gasteiger partial charge in [0.1, 0.15) is 0 Å². The number of hydrogen-bond acceptors (Lipinski definition) is 5. The topological polar surface area (TPSA) is 68.7 Å². The summed E-state index contributed by atoms with van der Waals surface area (Å²) in [4.78, 5) is 19.9. The predicted octanol–water partition coefficient (Wildman–Crippen LogP) is 7.13. The lowest BCUT2D eigenvalue weighted by atomic mass is 10.1. The standard InChI is InChI=1S/C28H33F3N4O2S/c1-20-18-22(34-13-15-35(16-14-34)27(36)37)7-9-24(20)32-11-4-2-3-5-17-38-26-10-12-33-25-19-21(28(29,30)31)6-8-23(25)26/h6-10,12,18-19,32H,2-5,11,13-17H2,1H3,(H,36,37). The third-order valence-corrected chi connectivity index (χ3v) is 7.96. The van der Waals surface area contributed by atoms with Crippen LogP contribution in [0.3, 0.4) is 0 Å². The van der Waals surface area contributed by atoms with Crippen molar-refractivity contribution in [3.05, 3.63) is 59.8 Å². The van der Waals surface area contributed by atoms with Gasteiger partial charge >= 0.3 is 12.3 Å². The summed E-state index contributed by atoms with van der Waals surface area (Å²) in [5.41, 5.74) is 3.12. The predicted molar refractivity (Wildman–Crippen MR) is 147 cm³/mol. The van der Waals surface area contributed by atoms with Crippen molar-refractivity contribution < 1.29 is 23.1 Å². The first kappa shape index (κ1) is 27.9. The number of pyridine rings is 1. The van der Waals surface area contributed by atoms with Crippen LogP contribution in [-0.4, -0.2) is 59.6 Å². The van der Waals surface area contributed by atoms with Crippen LogP contribution in [0.15, 0.2) is 53.6 Å². The zero-order valence-electron chi connectivity index (χ0n) is 21.4. The second kappa shape index (κ2) is 12.6. The highest BCUT2D eigenvalue weighted by molar-refractivity contribution is 7.99. The summed E-state index contributed by atoms with van der Waals surface area (Å²) in [6.45, 7) is 5.43. The molecule has 0 atom stereocenters. The van der Waals surface area contributed by atoms with E-state index in [9.17, 15) is 18.0 Å². The van der Waals surface area contributed by atoms with E-state index in [0.29, 0.717) is 31.7 Å². The Bertz CT molecular complexity index is 1250. The molecule has 1 aliphatic rings. The molecule has 6 nitrogen and oxygen atoms in total. The molecule has 204 valence electrons. The number of thioether (sulfide) groups is 1. The first-order chi connectivity index (χ1) is 18.2. The SMILES string of the molecule is Cc1cc(N2CCN(C(=O)O)CC2)ccc1NCCCCCCSc1ccnc2cc(C(F)(F)F)ccc12. The number of amides is 1. The molecule has 0 aliphatic carbocycles. The van der Waals surface area contributed by atoms with E-state index in [0.717, 1.165) is 71.8 Å². The van der Waals surface area contributed by atoms with Crippen LogP contribution < -0.4 is 10.2 Å². The number of aryl methyl sites for hydroxylation is 1. The number of fused-ring (bicyclic) bond motifs is 1. The molecule has 1 saturated heterocycles. The quantitative estimate of drug-likeness (QED) is 0.208. The minimum atomic E-state index is -4.36. The molecule has 4 rings (SSSR count). The Morgan fingerprint density at radius 2 is 1.79 bits per heavy atom. The number of alkyl halides is 3. The third kappa shape index (κ3) is 7.24. The summed E-state index contributed by atoms with van der Waals surface area (Å²) in [5, 5.41) is 13.4. The number of rotatable bonds is 10. The van der Waals surface area contributed by atoms with Crippen molar-refractivity contribution in [3.63, 3.8) is 0 Å². The number of carboxylic acid groups (broad SMARTS) is 1. The molecule has 3 aromatic rings. The molecule has 0 spiro atoms. The number of nitrogens with zero attached hydrogens (tertiary/aromatic N) is 3. The van der Waals surface area contributed by atoms with E-state index in [1.165, 1.54) is 16.5 Å². The monoisotopic (exact) mass is 546 g/mol. The van der Waals surface area contributed by atoms with Crippen LogP contribution in [0.2, 0.25) is 0 Å². The zero-order valence-corrected chi connectivity index (χ0v) is 22.2. The number of halogens is 3. The fourth-order valence-corrected chi connectivity index (χ4v) is 5.66. The van der Waals surface area contributed by atoms with Gasteiger partial charge in [-0.05, 0) is 67.5 Å². The maximum atomic E-state index is 13.0. The van der Waals surface area contributed by atoms with Crippen molar-refractivity contribution in [2.24, 2.45) is 0 Å². The summed E-state index contributed by atoms with van der Waals surface area (Å²) in [7, 11) is 0. The van der Waals surface area contributed by atoms with E-state index >= 15 is 0 Å². The normalized spacial score (nSPS) is 14.2. The number of benzene rings is 2. The van der Waals surface area contributed by atoms with Crippen LogP contribution in [-0.2, 0) is 6.18 Å². The molecule has 1 fully saturated rings. The highest BCUT2D eigenvalue weighted by atomic mass is 32.2. The summed E-state index contributed by atoms with van der Waals surface area (Å²) < 4.78 is 38.9. The average molecular weight is 547 g/mol. The average Bonchev–Trinajstić information content (AvgIpc) is 2.90. The first-order valence-corrected chi connectivity index (χ1v) is 13.9. The largest absolute Gasteiger partial charge is 0.465 e. The second-order valence-electron chi connectivity index (χ2n) is 9.48. The maximum absolute atomic E-state index is 13.0. The fourth-order valence-electron chi connectivity index (χ4n) is 4.61. The van der Waals surface area contributed by atoms with E-state index in [2.05, 4.69) is 40.3 Å². The number of anilines is 2. The zero-order chi connectivity index (χ0) is 27.1. The lowest BCUT2D eigenvalue weighted by Crippen LogP contribution is -2.48. The Kier molecular flexibility index (Phi) is 9.25. The van der Waals surface area contributed by atoms with Crippen LogP contribution in [0.4, 0.5) is 29.3 Å². The molecule has 38 heavy (non-hydrogen) atoms. The Hall–Kier alpha value is -3.14. The highest BCUT2D eigenvalue weighted by Gasteiger charge is 2.30. The molecule has 0 unspecified atom stereocenters. The van der Waals surface area contributed by atoms with Crippen LogP contribution in [0, 0.1) is 6.92 Å². The molecular formula is C28H33F3N4O2S. The van der Waals surface area contributed by atoms with Crippen molar-refractivity contribution >= 4 is 40.1 Å². The Morgan fingerprint density at radius 1 is 1.03 bits per heavy atom. The van der Waals surface area contributed by atoms with Crippen molar-refractivity contribution in [2.75, 3.05) is 48.7 Å². The van der Waals surface area contributed by atoms with Crippen LogP contribution >= 0.6 is 11.8 Å². The van der Waals surface area contributed by atoms with Gasteiger partial charge in [-0.1, -0.05) is 18.9 Å². The van der Waals surface area contributed by atoms with Gasteiger partial charge < -0.3 is 20.2 Å². The number of piperazine rings is 1. The first-order valence-electron chi connectivity index (χ1n) is 12.9. The molecule has 2 heterocycles. The van der Waals surface area contributed by atoms with Crippen LogP contribution in [0.25, 0.3) is 10.9 Å². The summed E-state index contributed by atoms with van der Waals surface area (Å²) in [6.07, 6.45) is 0.647. The Balaban J connectivity index is 1.15. The van der Waals surface area contributed by atoms with Gasteiger partial charge in [0.25, 0.3) is 0 Å². The van der Waals surface area contributed by atoms with Gasteiger partial charge in [-0.15, -0.1) is 11.8 Å². The minimum absolute atomic E-state index is 0.375. The summed E-state index contributed by atoms with van der Waals surface area (Å²) in [6, 6.07) is 12.0. The molecule has 0 bridgehead atoms. The van der Waals surface area contributed by atoms with Gasteiger partial charge in [-0.3, -0.25) is 4.98 Å². The van der Waals surface area contributed by atoms with Crippen LogP contribution in [0.5, 0.6) is 0 Å². The molecule has 0 radical (unpaired) electrons. The van der Waals surface area contributed by atoms with Gasteiger partial charge in [-0.25, -0.2) is 4.79 Å². The number of nitrogens with one attached hydrogen (secondary N) is 1. The lowest BCUT2D eigenvalue weighted by molar-refractivity contribution is -0.137. The van der Waals surface area contributed by atoms with Crippen molar-refractivity contribution in [3.8, 4) is 0 Å². The molecule has 0 saturated carbocycles. The van der Waals surface area contributed by atoms with E-state index in [-0.39, 0.29) is 0 Å². The van der Waals surface area contributed by atoms with Crippen molar-refractivity contribution in [1.82, 2.24) is 9.88 Å². The van der Waals surface area contributed by atoms with E-state index in [1.807, 2.05) is 6.07 Å². The molecule has 1 aliphatic heterocycles. The van der Waals surface area contributed by atoms with Crippen LogP contribution in [0.1, 0.15) is 36.8 Å². The molecular weight excluding hydrogens is 513 g/mol. The Labute approximate surface area is 225 Å². The fraction of sp³-hybridized carbons (Fsp3) is 0.429. The summed E-state index contributed by atoms with van der Waals surface area (Å²) >= 11 is 1.67. The maximum Gasteiger partial charge on any atom is 0.416 e. The molecule has 1 aromatic heterocycles. The number of hydrogen-bond donors (Lipinski definition) is 2. The number of carbonyl (C=O) groups is 1. The van der Waals surface area contributed by atoms with E-state index < -0.39 is 17.8 Å². The minimum Gasteiger partial charge on any atom is -0.465 e. The number of aromatic nitrogens is 1. The van der Waals surface area contributed by atoms with Crippen molar-refractivity contribution in [1.29, 1.82) is 0 Å². The smallest absolute Gasteiger partial charge is 0.416 e. The summed E-state index contributed by atoms with van der Waals surface area (Å²) in [5.74, 6) is 0.912. The van der Waals surface area contributed by atoms with Gasteiger partial charge in [0.05, 0.1) is 11.1 Å². The molecule has 2 N–H and O–H groups in total. The van der Waals surface area contributed by atoms with Gasteiger partial charge in [-0.2, -0.15) is 13.2 Å². The number of unbranched alkanes of at least 4 members (excludes halogenated alkanes) is 3. The Morgan fingerprint density at radius 3 is 2.50 bits per heavy atom. The lowest BCUT2D eigenvalue weighted by Gasteiger charge is -2.34. The molecule has 10 heteroatoms. The second-order valence-corrected chi connectivity index (χ2v) is 10.6. The highest BCUT2D eigenvalue weighted by Crippen LogP contribution is 2.34. The van der Waals surface area contributed by atoms with E-state index in [1.54, 1.807) is 18.0 Å². The molecule has 1 amide bonds. The van der Waals surface area contributed by atoms with Gasteiger partial charge in [0.15, 0.2) is 0 Å². The van der Waals surface area contributed by atoms with Gasteiger partial charge in [0.2, 0.25) is 0 Å².